The maximum absolute atomic E-state index is 13.0. The first-order valence-electron chi connectivity index (χ1n) is 9.65. The van der Waals surface area contributed by atoms with Crippen molar-refractivity contribution in [3.63, 3.8) is 0 Å². The Hall–Kier alpha value is -3.26. The lowest BCUT2D eigenvalue weighted by Gasteiger charge is -2.21. The molecular weight excluding hydrogens is 414 g/mol. The number of benzene rings is 1. The number of nitrogens with zero attached hydrogens (tertiary/aromatic N) is 2. The van der Waals surface area contributed by atoms with E-state index >= 15 is 0 Å². The zero-order valence-electron chi connectivity index (χ0n) is 18.1. The zero-order chi connectivity index (χ0) is 22.8. The van der Waals surface area contributed by atoms with Crippen molar-refractivity contribution in [1.82, 2.24) is 9.97 Å². The van der Waals surface area contributed by atoms with Gasteiger partial charge in [0.25, 0.3) is 5.91 Å². The molecule has 7 nitrogen and oxygen atoms in total. The van der Waals surface area contributed by atoms with Gasteiger partial charge in [0.05, 0.1) is 28.0 Å². The summed E-state index contributed by atoms with van der Waals surface area (Å²) in [5.74, 6) is 0.487. The molecule has 166 valence electrons. The molecule has 0 atom stereocenters. The van der Waals surface area contributed by atoms with Crippen LogP contribution in [0.25, 0.3) is 0 Å². The van der Waals surface area contributed by atoms with Crippen molar-refractivity contribution in [1.29, 1.82) is 0 Å². The summed E-state index contributed by atoms with van der Waals surface area (Å²) in [5, 5.41) is 2.71. The van der Waals surface area contributed by atoms with Crippen LogP contribution in [0.4, 0.5) is 5.69 Å². The molecule has 0 unspecified atom stereocenters. The Balaban J connectivity index is 0.00000272. The Bertz CT molecular complexity index is 1240. The third-order valence-electron chi connectivity index (χ3n) is 4.67. The minimum atomic E-state index is -3.45. The first kappa shape index (κ1) is 22.4. The minimum Gasteiger partial charge on any atom is -0.455 e. The third kappa shape index (κ3) is 5.46. The number of carbonyl (C=O) groups is 1. The predicted octanol–water partition coefficient (Wildman–Crippen LogP) is 5.02. The molecule has 0 saturated heterocycles. The highest BCUT2D eigenvalue weighted by Gasteiger charge is 2.21. The Labute approximate surface area is 185 Å². The summed E-state index contributed by atoms with van der Waals surface area (Å²) in [5.41, 5.74) is 2.13. The highest BCUT2D eigenvalue weighted by atomic mass is 32.2. The van der Waals surface area contributed by atoms with Gasteiger partial charge in [-0.05, 0) is 48.2 Å². The maximum atomic E-state index is 13.0. The summed E-state index contributed by atoms with van der Waals surface area (Å²) < 4.78 is 29.6. The van der Waals surface area contributed by atoms with Gasteiger partial charge in [0.15, 0.2) is 9.84 Å². The molecule has 0 saturated carbocycles. The van der Waals surface area contributed by atoms with Crippen LogP contribution in [-0.4, -0.2) is 30.5 Å². The molecule has 0 aliphatic rings. The second kappa shape index (κ2) is 8.47. The van der Waals surface area contributed by atoms with Gasteiger partial charge < -0.3 is 10.1 Å². The van der Waals surface area contributed by atoms with Gasteiger partial charge in [0.2, 0.25) is 0 Å². The van der Waals surface area contributed by atoms with Gasteiger partial charge >= 0.3 is 0 Å². The number of rotatable bonds is 5. The number of aryl methyl sites for hydroxylation is 1. The van der Waals surface area contributed by atoms with Crippen LogP contribution >= 0.6 is 0 Å². The Morgan fingerprint density at radius 1 is 1.10 bits per heavy atom. The van der Waals surface area contributed by atoms with Crippen LogP contribution in [0.2, 0.25) is 0 Å². The van der Waals surface area contributed by atoms with Crippen LogP contribution in [0.1, 0.15) is 45.2 Å². The molecule has 2 aromatic heterocycles. The third-order valence-corrected chi connectivity index (χ3v) is 5.75. The summed E-state index contributed by atoms with van der Waals surface area (Å²) in [6.07, 6.45) is 5.39. The van der Waals surface area contributed by atoms with Gasteiger partial charge in [-0.15, -0.1) is 0 Å². The smallest absolute Gasteiger partial charge is 0.259 e. The van der Waals surface area contributed by atoms with Crippen molar-refractivity contribution in [3.8, 4) is 11.5 Å². The van der Waals surface area contributed by atoms with E-state index in [1.165, 1.54) is 18.5 Å². The van der Waals surface area contributed by atoms with Crippen LogP contribution in [0.15, 0.2) is 59.9 Å². The van der Waals surface area contributed by atoms with Gasteiger partial charge in [-0.2, -0.15) is 0 Å². The molecule has 0 aliphatic heterocycles. The molecule has 31 heavy (non-hydrogen) atoms. The molecule has 2 heterocycles. The molecule has 0 spiro atoms. The van der Waals surface area contributed by atoms with Crippen LogP contribution in [0.3, 0.4) is 0 Å². The number of hydrogen-bond acceptors (Lipinski definition) is 6. The van der Waals surface area contributed by atoms with Crippen molar-refractivity contribution >= 4 is 21.4 Å². The lowest BCUT2D eigenvalue weighted by atomic mass is 9.86. The number of aromatic nitrogens is 2. The van der Waals surface area contributed by atoms with Crippen molar-refractivity contribution in [2.24, 2.45) is 0 Å². The van der Waals surface area contributed by atoms with Gasteiger partial charge in [0, 0.05) is 21.5 Å². The van der Waals surface area contributed by atoms with E-state index in [2.05, 4.69) is 36.1 Å². The predicted molar refractivity (Wildman–Crippen MR) is 124 cm³/mol. The van der Waals surface area contributed by atoms with Gasteiger partial charge in [-0.1, -0.05) is 26.8 Å². The Morgan fingerprint density at radius 2 is 1.84 bits per heavy atom. The maximum Gasteiger partial charge on any atom is 0.259 e. The summed E-state index contributed by atoms with van der Waals surface area (Å²) in [6.45, 7) is 8.04. The zero-order valence-corrected chi connectivity index (χ0v) is 18.9. The number of ether oxygens (including phenoxy) is 1. The molecule has 0 fully saturated rings. The van der Waals surface area contributed by atoms with Gasteiger partial charge in [-0.25, -0.2) is 8.42 Å². The first-order valence-corrected chi connectivity index (χ1v) is 11.5. The lowest BCUT2D eigenvalue weighted by Crippen LogP contribution is -2.16. The summed E-state index contributed by atoms with van der Waals surface area (Å²) in [6, 6.07) is 10.3. The van der Waals surface area contributed by atoms with E-state index in [1.54, 1.807) is 24.4 Å². The number of pyridine rings is 2. The molecule has 3 rings (SSSR count). The van der Waals surface area contributed by atoms with Crippen LogP contribution in [-0.2, 0) is 15.3 Å². The fraction of sp³-hybridized carbons (Fsp3) is 0.261. The molecule has 8 heteroatoms. The normalized spacial score (nSPS) is 11.8. The lowest BCUT2D eigenvalue weighted by molar-refractivity contribution is 0.102. The number of anilines is 1. The average molecular weight is 444 g/mol. The van der Waals surface area contributed by atoms with Crippen molar-refractivity contribution in [2.45, 2.75) is 38.0 Å². The van der Waals surface area contributed by atoms with Crippen molar-refractivity contribution in [3.05, 3.63) is 71.8 Å². The number of sulfone groups is 1. The van der Waals surface area contributed by atoms with Crippen molar-refractivity contribution in [2.75, 3.05) is 11.6 Å². The molecule has 3 aromatic rings. The van der Waals surface area contributed by atoms with E-state index < -0.39 is 15.7 Å². The second-order valence-corrected chi connectivity index (χ2v) is 10.3. The van der Waals surface area contributed by atoms with E-state index in [9.17, 15) is 13.2 Å². The van der Waals surface area contributed by atoms with E-state index in [1.807, 2.05) is 19.1 Å². The average Bonchev–Trinajstić information content (AvgIpc) is 2.68. The van der Waals surface area contributed by atoms with Crippen LogP contribution < -0.4 is 10.1 Å². The molecule has 1 aromatic carbocycles. The van der Waals surface area contributed by atoms with Crippen molar-refractivity contribution < 1.29 is 20.8 Å². The van der Waals surface area contributed by atoms with E-state index in [-0.39, 0.29) is 18.9 Å². The second-order valence-electron chi connectivity index (χ2n) is 8.29. The standard InChI is InChI=1S/C23H25N3O4S.2H2/c1-15-20(7-6-10-25-15)30-21-11-16(23(2,3)4)8-9-19(21)22(27)26-17-12-18(14-24-13-17)31(5,28)29;;/h6-14H,1-5H3,(H,26,27);2*1H. The largest absolute Gasteiger partial charge is 0.455 e. The summed E-state index contributed by atoms with van der Waals surface area (Å²) >= 11 is 0. The highest BCUT2D eigenvalue weighted by Crippen LogP contribution is 2.33. The number of nitrogens with one attached hydrogen (secondary N) is 1. The van der Waals surface area contributed by atoms with E-state index in [0.29, 0.717) is 22.8 Å². The van der Waals surface area contributed by atoms with Crippen LogP contribution in [0.5, 0.6) is 11.5 Å². The molecule has 1 amide bonds. The molecule has 0 bridgehead atoms. The number of carbonyl (C=O) groups excluding carboxylic acids is 1. The SMILES string of the molecule is Cc1ncccc1Oc1cc(C(C)(C)C)ccc1C(=O)Nc1cncc(S(C)(=O)=O)c1.[HH].[HH]. The monoisotopic (exact) mass is 443 g/mol. The highest BCUT2D eigenvalue weighted by molar-refractivity contribution is 7.90. The Morgan fingerprint density at radius 3 is 2.48 bits per heavy atom. The summed E-state index contributed by atoms with van der Waals surface area (Å²) in [4.78, 5) is 21.2. The Kier molecular flexibility index (Phi) is 6.13. The molecular formula is C23H29N3O4S. The van der Waals surface area contributed by atoms with E-state index in [0.717, 1.165) is 11.8 Å². The topological polar surface area (TPSA) is 98.2 Å². The number of amides is 1. The van der Waals surface area contributed by atoms with E-state index in [4.69, 9.17) is 4.74 Å². The number of hydrogen-bond donors (Lipinski definition) is 1. The molecule has 0 aliphatic carbocycles. The molecule has 0 radical (unpaired) electrons. The fourth-order valence-corrected chi connectivity index (χ4v) is 3.44. The fourth-order valence-electron chi connectivity index (χ4n) is 2.85. The van der Waals surface area contributed by atoms with Crippen LogP contribution in [0, 0.1) is 6.92 Å². The first-order chi connectivity index (χ1) is 14.4. The quantitative estimate of drug-likeness (QED) is 0.594. The minimum absolute atomic E-state index is 0. The molecule has 1 N–H and O–H groups in total. The van der Waals surface area contributed by atoms with Gasteiger partial charge in [-0.3, -0.25) is 14.8 Å². The summed E-state index contributed by atoms with van der Waals surface area (Å²) in [7, 11) is -3.45. The van der Waals surface area contributed by atoms with Gasteiger partial charge in [0.1, 0.15) is 11.5 Å².